The first kappa shape index (κ1) is 12.9. The van der Waals surface area contributed by atoms with Crippen LogP contribution in [-0.4, -0.2) is 42.4 Å². The van der Waals surface area contributed by atoms with Gasteiger partial charge >= 0.3 is 6.03 Å². The highest BCUT2D eigenvalue weighted by molar-refractivity contribution is 5.73. The lowest BCUT2D eigenvalue weighted by molar-refractivity contribution is 0.195. The number of nitrogens with one attached hydrogen (secondary N) is 2. The number of hydrogen-bond acceptors (Lipinski definition) is 3. The van der Waals surface area contributed by atoms with Crippen molar-refractivity contribution in [1.29, 1.82) is 0 Å². The van der Waals surface area contributed by atoms with Gasteiger partial charge in [-0.1, -0.05) is 0 Å². The maximum absolute atomic E-state index is 11.5. The fourth-order valence-corrected chi connectivity index (χ4v) is 2.16. The van der Waals surface area contributed by atoms with E-state index >= 15 is 0 Å². The number of nitrogens with zero attached hydrogens (tertiary/aromatic N) is 2. The van der Waals surface area contributed by atoms with Crippen LogP contribution >= 0.6 is 0 Å². The number of carbonyl (C=O) groups is 1. The third-order valence-electron chi connectivity index (χ3n) is 3.19. The summed E-state index contributed by atoms with van der Waals surface area (Å²) in [4.78, 5) is 15.8. The number of aryl methyl sites for hydroxylation is 1. The van der Waals surface area contributed by atoms with Crippen LogP contribution in [0.5, 0.6) is 0 Å². The van der Waals surface area contributed by atoms with Crippen molar-refractivity contribution in [3.8, 4) is 0 Å². The van der Waals surface area contributed by atoms with Crippen LogP contribution in [0.2, 0.25) is 0 Å². The summed E-state index contributed by atoms with van der Waals surface area (Å²) < 4.78 is 7.04. The average Bonchev–Trinajstić information content (AvgIpc) is 2.84. The van der Waals surface area contributed by atoms with Crippen LogP contribution in [0.15, 0.2) is 12.4 Å². The van der Waals surface area contributed by atoms with Crippen molar-refractivity contribution >= 4 is 6.03 Å². The number of carbonyl (C=O) groups excluding carboxylic acids is 1. The Morgan fingerprint density at radius 3 is 3.33 bits per heavy atom. The summed E-state index contributed by atoms with van der Waals surface area (Å²) in [6, 6.07) is -0.124. The van der Waals surface area contributed by atoms with Crippen molar-refractivity contribution in [2.45, 2.75) is 19.4 Å². The van der Waals surface area contributed by atoms with E-state index in [1.54, 1.807) is 7.11 Å². The Balaban J connectivity index is 1.67. The Morgan fingerprint density at radius 2 is 2.50 bits per heavy atom. The van der Waals surface area contributed by atoms with Gasteiger partial charge in [0.15, 0.2) is 0 Å². The fraction of sp³-hybridized carbons (Fsp3) is 0.667. The summed E-state index contributed by atoms with van der Waals surface area (Å²) in [5, 5.41) is 5.63. The number of hydrogen-bond donors (Lipinski definition) is 2. The van der Waals surface area contributed by atoms with Gasteiger partial charge in [0.1, 0.15) is 5.82 Å². The van der Waals surface area contributed by atoms with Crippen molar-refractivity contribution in [2.24, 2.45) is 5.92 Å². The van der Waals surface area contributed by atoms with Crippen LogP contribution in [0.3, 0.4) is 0 Å². The van der Waals surface area contributed by atoms with Crippen LogP contribution in [-0.2, 0) is 17.7 Å². The average molecular weight is 252 g/mol. The number of aromatic nitrogens is 2. The quantitative estimate of drug-likeness (QED) is 0.745. The number of rotatable bonds is 5. The highest BCUT2D eigenvalue weighted by atomic mass is 16.5. The number of amides is 2. The lowest BCUT2D eigenvalue weighted by Gasteiger charge is -2.23. The van der Waals surface area contributed by atoms with Crippen molar-refractivity contribution < 1.29 is 9.53 Å². The van der Waals surface area contributed by atoms with Gasteiger partial charge in [0.2, 0.25) is 0 Å². The van der Waals surface area contributed by atoms with Gasteiger partial charge in [-0.2, -0.15) is 0 Å². The van der Waals surface area contributed by atoms with Crippen LogP contribution in [0.1, 0.15) is 12.2 Å². The van der Waals surface area contributed by atoms with Crippen molar-refractivity contribution in [3.63, 3.8) is 0 Å². The molecule has 0 aliphatic carbocycles. The number of imidazole rings is 1. The lowest BCUT2D eigenvalue weighted by atomic mass is 9.98. The standard InChI is InChI=1S/C12H20N4O2/c1-18-7-4-14-12(17)15-9-10-2-5-16-6-3-13-11(16)8-10/h3,6,10H,2,4-5,7-9H2,1H3,(H2,14,15,17)/t10-/m1/s1. The zero-order valence-electron chi connectivity index (χ0n) is 10.7. The number of fused-ring (bicyclic) bond motifs is 1. The number of methoxy groups -OCH3 is 1. The molecule has 0 spiro atoms. The van der Waals surface area contributed by atoms with Crippen LogP contribution in [0.25, 0.3) is 0 Å². The van der Waals surface area contributed by atoms with E-state index in [0.29, 0.717) is 25.6 Å². The van der Waals surface area contributed by atoms with E-state index in [2.05, 4.69) is 20.2 Å². The van der Waals surface area contributed by atoms with Crippen molar-refractivity contribution in [1.82, 2.24) is 20.2 Å². The molecule has 0 saturated heterocycles. The van der Waals surface area contributed by atoms with E-state index in [9.17, 15) is 4.79 Å². The predicted molar refractivity (Wildman–Crippen MR) is 67.3 cm³/mol. The molecule has 6 nitrogen and oxygen atoms in total. The minimum atomic E-state index is -0.124. The monoisotopic (exact) mass is 252 g/mol. The number of ether oxygens (including phenoxy) is 1. The highest BCUT2D eigenvalue weighted by Crippen LogP contribution is 2.18. The molecule has 0 aromatic carbocycles. The minimum absolute atomic E-state index is 0.124. The molecule has 2 heterocycles. The molecule has 1 aliphatic rings. The molecule has 2 N–H and O–H groups in total. The Morgan fingerprint density at radius 1 is 1.61 bits per heavy atom. The molecule has 0 radical (unpaired) electrons. The van der Waals surface area contributed by atoms with Gasteiger partial charge in [0.05, 0.1) is 6.61 Å². The van der Waals surface area contributed by atoms with Crippen LogP contribution in [0.4, 0.5) is 4.79 Å². The second-order valence-corrected chi connectivity index (χ2v) is 4.53. The van der Waals surface area contributed by atoms with Gasteiger partial charge in [-0.15, -0.1) is 0 Å². The van der Waals surface area contributed by atoms with E-state index in [4.69, 9.17) is 4.74 Å². The zero-order chi connectivity index (χ0) is 12.8. The maximum Gasteiger partial charge on any atom is 0.314 e. The normalized spacial score (nSPS) is 18.2. The van der Waals surface area contributed by atoms with Gasteiger partial charge in [0, 0.05) is 45.6 Å². The second kappa shape index (κ2) is 6.39. The fourth-order valence-electron chi connectivity index (χ4n) is 2.16. The molecule has 1 aromatic rings. The maximum atomic E-state index is 11.5. The zero-order valence-corrected chi connectivity index (χ0v) is 10.7. The van der Waals surface area contributed by atoms with Gasteiger partial charge < -0.3 is 19.9 Å². The largest absolute Gasteiger partial charge is 0.383 e. The molecule has 1 aliphatic heterocycles. The van der Waals surface area contributed by atoms with E-state index in [1.165, 1.54) is 0 Å². The van der Waals surface area contributed by atoms with Crippen LogP contribution in [0, 0.1) is 5.92 Å². The first-order valence-electron chi connectivity index (χ1n) is 6.30. The topological polar surface area (TPSA) is 68.2 Å². The molecular formula is C12H20N4O2. The third-order valence-corrected chi connectivity index (χ3v) is 3.19. The summed E-state index contributed by atoms with van der Waals surface area (Å²) in [6.45, 7) is 2.77. The van der Waals surface area contributed by atoms with E-state index in [1.807, 2.05) is 12.4 Å². The number of urea groups is 1. The molecule has 6 heteroatoms. The van der Waals surface area contributed by atoms with Gasteiger partial charge in [0.25, 0.3) is 0 Å². The molecule has 0 fully saturated rings. The minimum Gasteiger partial charge on any atom is -0.383 e. The molecule has 0 unspecified atom stereocenters. The van der Waals surface area contributed by atoms with Gasteiger partial charge in [-0.25, -0.2) is 9.78 Å². The Kier molecular flexibility index (Phi) is 4.58. The van der Waals surface area contributed by atoms with Gasteiger partial charge in [-0.3, -0.25) is 0 Å². The Hall–Kier alpha value is -1.56. The van der Waals surface area contributed by atoms with E-state index in [-0.39, 0.29) is 6.03 Å². The molecule has 2 amide bonds. The molecule has 1 atom stereocenters. The molecule has 18 heavy (non-hydrogen) atoms. The molecule has 1 aromatic heterocycles. The van der Waals surface area contributed by atoms with Crippen LogP contribution < -0.4 is 10.6 Å². The van der Waals surface area contributed by atoms with E-state index < -0.39 is 0 Å². The summed E-state index contributed by atoms with van der Waals surface area (Å²) in [6.07, 6.45) is 5.87. The molecule has 0 saturated carbocycles. The second-order valence-electron chi connectivity index (χ2n) is 4.53. The smallest absolute Gasteiger partial charge is 0.314 e. The molecule has 100 valence electrons. The summed E-state index contributed by atoms with van der Waals surface area (Å²) in [5.74, 6) is 1.60. The van der Waals surface area contributed by atoms with Gasteiger partial charge in [-0.05, 0) is 12.3 Å². The highest BCUT2D eigenvalue weighted by Gasteiger charge is 2.19. The Bertz CT molecular complexity index is 391. The molecular weight excluding hydrogens is 232 g/mol. The lowest BCUT2D eigenvalue weighted by Crippen LogP contribution is -2.40. The summed E-state index contributed by atoms with van der Waals surface area (Å²) in [5.41, 5.74) is 0. The summed E-state index contributed by atoms with van der Waals surface area (Å²) >= 11 is 0. The molecule has 0 bridgehead atoms. The predicted octanol–water partition coefficient (Wildman–Crippen LogP) is 0.391. The Labute approximate surface area is 107 Å². The van der Waals surface area contributed by atoms with E-state index in [0.717, 1.165) is 25.2 Å². The third kappa shape index (κ3) is 3.46. The van der Waals surface area contributed by atoms with Crippen molar-refractivity contribution in [3.05, 3.63) is 18.2 Å². The molecule has 2 rings (SSSR count). The first-order chi connectivity index (χ1) is 8.79. The summed E-state index contributed by atoms with van der Waals surface area (Å²) in [7, 11) is 1.61. The SMILES string of the molecule is COCCNC(=O)NC[C@@H]1CCn2ccnc2C1. The van der Waals surface area contributed by atoms with Crippen molar-refractivity contribution in [2.75, 3.05) is 26.8 Å². The first-order valence-corrected chi connectivity index (χ1v) is 6.30.